The van der Waals surface area contributed by atoms with Gasteiger partial charge in [-0.2, -0.15) is 0 Å². The number of hydrogen-bond donors (Lipinski definition) is 3. The fourth-order valence-corrected chi connectivity index (χ4v) is 3.23. The van der Waals surface area contributed by atoms with Crippen LogP contribution < -0.4 is 15.8 Å². The average Bonchev–Trinajstić information content (AvgIpc) is 2.64. The van der Waals surface area contributed by atoms with Crippen molar-refractivity contribution >= 4 is 21.6 Å². The third-order valence-electron chi connectivity index (χ3n) is 3.16. The highest BCUT2D eigenvalue weighted by atomic mass is 32.2. The molecule has 2 rings (SSSR count). The summed E-state index contributed by atoms with van der Waals surface area (Å²) < 4.78 is 26.7. The third kappa shape index (κ3) is 2.63. The Kier molecular flexibility index (Phi) is 3.62. The Hall–Kier alpha value is -1.44. The zero-order chi connectivity index (χ0) is 14.2. The number of nitrogens with one attached hydrogen (secondary N) is 2. The van der Waals surface area contributed by atoms with Gasteiger partial charge in [0.15, 0.2) is 0 Å². The van der Waals surface area contributed by atoms with Crippen LogP contribution in [0.5, 0.6) is 0 Å². The maximum Gasteiger partial charge on any atom is 0.240 e. The largest absolute Gasteiger partial charge is 0.329 e. The Morgan fingerprint density at radius 1 is 1.47 bits per heavy atom. The van der Waals surface area contributed by atoms with Crippen LogP contribution in [0.1, 0.15) is 25.3 Å². The minimum atomic E-state index is -3.60. The SMILES string of the molecule is CC1C(=O)Nc2ccc(S(=O)(=O)N[C@H](C)CN)cc21. The topological polar surface area (TPSA) is 101 Å². The van der Waals surface area contributed by atoms with Gasteiger partial charge in [0.1, 0.15) is 0 Å². The lowest BCUT2D eigenvalue weighted by molar-refractivity contribution is -0.116. The molecular formula is C12H17N3O3S. The number of nitrogens with two attached hydrogens (primary N) is 1. The Morgan fingerprint density at radius 3 is 2.79 bits per heavy atom. The lowest BCUT2D eigenvalue weighted by Crippen LogP contribution is -2.37. The molecule has 1 heterocycles. The van der Waals surface area contributed by atoms with Gasteiger partial charge in [-0.1, -0.05) is 0 Å². The molecule has 1 unspecified atom stereocenters. The van der Waals surface area contributed by atoms with Crippen molar-refractivity contribution in [1.29, 1.82) is 0 Å². The molecule has 6 nitrogen and oxygen atoms in total. The third-order valence-corrected chi connectivity index (χ3v) is 4.75. The summed E-state index contributed by atoms with van der Waals surface area (Å²) in [5.74, 6) is -0.454. The number of sulfonamides is 1. The number of fused-ring (bicyclic) bond motifs is 1. The van der Waals surface area contributed by atoms with Crippen molar-refractivity contribution in [3.8, 4) is 0 Å². The van der Waals surface area contributed by atoms with Crippen LogP contribution in [0, 0.1) is 0 Å². The molecule has 1 aliphatic rings. The number of rotatable bonds is 4. The maximum atomic E-state index is 12.1. The molecule has 0 bridgehead atoms. The summed E-state index contributed by atoms with van der Waals surface area (Å²) in [6, 6.07) is 4.28. The van der Waals surface area contributed by atoms with Crippen LogP contribution in [0.4, 0.5) is 5.69 Å². The number of amides is 1. The molecule has 1 aromatic rings. The van der Waals surface area contributed by atoms with Crippen LogP contribution >= 0.6 is 0 Å². The lowest BCUT2D eigenvalue weighted by Gasteiger charge is -2.13. The molecule has 2 atom stereocenters. The molecule has 4 N–H and O–H groups in total. The average molecular weight is 283 g/mol. The standard InChI is InChI=1S/C12H17N3O3S/c1-7(6-13)15-19(17,18)9-3-4-11-10(5-9)8(2)12(16)14-11/h3-5,7-8,15H,6,13H2,1-2H3,(H,14,16)/t7-,8?/m1/s1. The van der Waals surface area contributed by atoms with E-state index in [0.717, 1.165) is 0 Å². The highest BCUT2D eigenvalue weighted by Gasteiger charge is 2.28. The van der Waals surface area contributed by atoms with E-state index in [1.165, 1.54) is 12.1 Å². The van der Waals surface area contributed by atoms with Crippen LogP contribution in [-0.2, 0) is 14.8 Å². The Balaban J connectivity index is 2.36. The molecule has 0 aliphatic carbocycles. The van der Waals surface area contributed by atoms with E-state index in [0.29, 0.717) is 11.3 Å². The second-order valence-corrected chi connectivity index (χ2v) is 6.43. The highest BCUT2D eigenvalue weighted by molar-refractivity contribution is 7.89. The molecule has 7 heteroatoms. The van der Waals surface area contributed by atoms with Crippen molar-refractivity contribution < 1.29 is 13.2 Å². The molecule has 19 heavy (non-hydrogen) atoms. The molecule has 0 saturated heterocycles. The van der Waals surface area contributed by atoms with E-state index in [1.54, 1.807) is 19.9 Å². The van der Waals surface area contributed by atoms with Crippen molar-refractivity contribution in [2.75, 3.05) is 11.9 Å². The number of benzene rings is 1. The minimum absolute atomic E-state index is 0.118. The normalized spacial score (nSPS) is 19.9. The number of carbonyl (C=O) groups excluding carboxylic acids is 1. The van der Waals surface area contributed by atoms with E-state index >= 15 is 0 Å². The van der Waals surface area contributed by atoms with E-state index in [9.17, 15) is 13.2 Å². The molecule has 104 valence electrons. The zero-order valence-electron chi connectivity index (χ0n) is 10.8. The van der Waals surface area contributed by atoms with Gasteiger partial charge in [-0.05, 0) is 37.6 Å². The lowest BCUT2D eigenvalue weighted by atomic mass is 10.0. The fourth-order valence-electron chi connectivity index (χ4n) is 1.94. The van der Waals surface area contributed by atoms with Crippen molar-refractivity contribution in [3.63, 3.8) is 0 Å². The van der Waals surface area contributed by atoms with Crippen molar-refractivity contribution in [2.45, 2.75) is 30.7 Å². The van der Waals surface area contributed by atoms with Crippen LogP contribution in [0.15, 0.2) is 23.1 Å². The van der Waals surface area contributed by atoms with Gasteiger partial charge in [-0.25, -0.2) is 13.1 Å². The summed E-state index contributed by atoms with van der Waals surface area (Å²) in [6.45, 7) is 3.66. The van der Waals surface area contributed by atoms with Crippen molar-refractivity contribution in [2.24, 2.45) is 5.73 Å². The maximum absolute atomic E-state index is 12.1. The predicted octanol–water partition coefficient (Wildman–Crippen LogP) is 0.368. The van der Waals surface area contributed by atoms with E-state index in [4.69, 9.17) is 5.73 Å². The Labute approximate surface area is 112 Å². The molecule has 0 saturated carbocycles. The Morgan fingerprint density at radius 2 is 2.16 bits per heavy atom. The van der Waals surface area contributed by atoms with Crippen LogP contribution in [0.2, 0.25) is 0 Å². The quantitative estimate of drug-likeness (QED) is 0.743. The van der Waals surface area contributed by atoms with Gasteiger partial charge in [-0.3, -0.25) is 4.79 Å². The van der Waals surface area contributed by atoms with Crippen molar-refractivity contribution in [1.82, 2.24) is 4.72 Å². The smallest absolute Gasteiger partial charge is 0.240 e. The Bertz CT molecular complexity index is 613. The summed E-state index contributed by atoms with van der Waals surface area (Å²) in [7, 11) is -3.60. The first-order valence-electron chi connectivity index (χ1n) is 6.02. The van der Waals surface area contributed by atoms with E-state index in [-0.39, 0.29) is 29.3 Å². The second kappa shape index (κ2) is 4.92. The van der Waals surface area contributed by atoms with E-state index in [2.05, 4.69) is 10.0 Å². The van der Waals surface area contributed by atoms with Crippen molar-refractivity contribution in [3.05, 3.63) is 23.8 Å². The predicted molar refractivity (Wildman–Crippen MR) is 72.3 cm³/mol. The minimum Gasteiger partial charge on any atom is -0.329 e. The van der Waals surface area contributed by atoms with Crippen LogP contribution in [0.25, 0.3) is 0 Å². The molecular weight excluding hydrogens is 266 g/mol. The molecule has 0 radical (unpaired) electrons. The van der Waals surface area contributed by atoms with Gasteiger partial charge in [0, 0.05) is 18.3 Å². The van der Waals surface area contributed by atoms with Gasteiger partial charge in [0.25, 0.3) is 0 Å². The summed E-state index contributed by atoms with van der Waals surface area (Å²) in [5, 5.41) is 2.70. The molecule has 1 aromatic carbocycles. The van der Waals surface area contributed by atoms with E-state index in [1.807, 2.05) is 0 Å². The summed E-state index contributed by atoms with van der Waals surface area (Å²) >= 11 is 0. The highest BCUT2D eigenvalue weighted by Crippen LogP contribution is 2.33. The first-order chi connectivity index (χ1) is 8.85. The molecule has 1 amide bonds. The van der Waals surface area contributed by atoms with Gasteiger partial charge in [0.2, 0.25) is 15.9 Å². The monoisotopic (exact) mass is 283 g/mol. The molecule has 0 aromatic heterocycles. The fraction of sp³-hybridized carbons (Fsp3) is 0.417. The molecule has 0 spiro atoms. The number of anilines is 1. The summed E-state index contributed by atoms with van der Waals surface area (Å²) in [5.41, 5.74) is 6.78. The summed E-state index contributed by atoms with van der Waals surface area (Å²) in [6.07, 6.45) is 0. The second-order valence-electron chi connectivity index (χ2n) is 4.72. The molecule has 1 aliphatic heterocycles. The molecule has 0 fully saturated rings. The summed E-state index contributed by atoms with van der Waals surface area (Å²) in [4.78, 5) is 11.7. The number of carbonyl (C=O) groups is 1. The van der Waals surface area contributed by atoms with Gasteiger partial charge in [-0.15, -0.1) is 0 Å². The van der Waals surface area contributed by atoms with Crippen LogP contribution in [0.3, 0.4) is 0 Å². The van der Waals surface area contributed by atoms with E-state index < -0.39 is 10.0 Å². The van der Waals surface area contributed by atoms with Gasteiger partial charge >= 0.3 is 0 Å². The number of hydrogen-bond acceptors (Lipinski definition) is 4. The first-order valence-corrected chi connectivity index (χ1v) is 7.50. The zero-order valence-corrected chi connectivity index (χ0v) is 11.6. The van der Waals surface area contributed by atoms with Gasteiger partial charge in [0.05, 0.1) is 10.8 Å². The van der Waals surface area contributed by atoms with Crippen LogP contribution in [-0.4, -0.2) is 26.9 Å². The van der Waals surface area contributed by atoms with Gasteiger partial charge < -0.3 is 11.1 Å². The first kappa shape index (κ1) is 14.0.